The second kappa shape index (κ2) is 12.6. The number of hydrogen-bond donors (Lipinski definition) is 0. The third kappa shape index (κ3) is 5.91. The van der Waals surface area contributed by atoms with Gasteiger partial charge in [0.1, 0.15) is 6.61 Å². The molecular weight excluding hydrogens is 564 g/mol. The number of hydrogen-bond acceptors (Lipinski definition) is 5. The van der Waals surface area contributed by atoms with Crippen molar-refractivity contribution in [1.29, 1.82) is 0 Å². The summed E-state index contributed by atoms with van der Waals surface area (Å²) in [5.74, 6) is 0.827. The van der Waals surface area contributed by atoms with Crippen LogP contribution in [-0.2, 0) is 11.4 Å². The lowest BCUT2D eigenvalue weighted by Crippen LogP contribution is -2.28. The Balaban J connectivity index is 1.32. The topological polar surface area (TPSA) is 51.1 Å². The molecule has 1 amide bonds. The molecule has 0 atom stereocenters. The van der Waals surface area contributed by atoms with E-state index in [-0.39, 0.29) is 5.91 Å². The summed E-state index contributed by atoms with van der Waals surface area (Å²) in [4.78, 5) is 20.7. The predicted molar refractivity (Wildman–Crippen MR) is 174 cm³/mol. The van der Waals surface area contributed by atoms with Crippen LogP contribution in [0.5, 0.6) is 11.5 Å². The van der Waals surface area contributed by atoms with Gasteiger partial charge in [-0.15, -0.1) is 0 Å². The molecule has 0 unspecified atom stereocenters. The molecule has 208 valence electrons. The number of ether oxygens (including phenoxy) is 2. The Morgan fingerprint density at radius 1 is 0.857 bits per heavy atom. The van der Waals surface area contributed by atoms with Crippen molar-refractivity contribution in [2.75, 3.05) is 11.5 Å². The smallest absolute Gasteiger partial charge is 0.271 e. The highest BCUT2D eigenvalue weighted by atomic mass is 35.5. The molecule has 1 aliphatic rings. The highest BCUT2D eigenvalue weighted by Gasteiger charge is 2.34. The lowest BCUT2D eigenvalue weighted by Gasteiger charge is -2.16. The average Bonchev–Trinajstić information content (AvgIpc) is 3.31. The van der Waals surface area contributed by atoms with E-state index in [1.807, 2.05) is 104 Å². The summed E-state index contributed by atoms with van der Waals surface area (Å²) in [6.45, 7) is 2.68. The molecule has 5 aromatic rings. The normalized spacial score (nSPS) is 15.1. The molecule has 5 nitrogen and oxygen atoms in total. The third-order valence-electron chi connectivity index (χ3n) is 6.68. The highest BCUT2D eigenvalue weighted by Crippen LogP contribution is 2.41. The van der Waals surface area contributed by atoms with E-state index in [1.54, 1.807) is 11.0 Å². The Hall–Kier alpha value is -4.52. The van der Waals surface area contributed by atoms with Crippen LogP contribution in [0.4, 0.5) is 11.4 Å². The Kier molecular flexibility index (Phi) is 8.26. The fourth-order valence-corrected chi connectivity index (χ4v) is 6.04. The van der Waals surface area contributed by atoms with E-state index in [0.29, 0.717) is 39.8 Å². The molecule has 5 aromatic carbocycles. The molecule has 1 fully saturated rings. The number of amidine groups is 1. The van der Waals surface area contributed by atoms with Crippen LogP contribution < -0.4 is 14.4 Å². The quantitative estimate of drug-likeness (QED) is 0.169. The number of thioether (sulfide) groups is 1. The van der Waals surface area contributed by atoms with Crippen molar-refractivity contribution in [3.05, 3.63) is 136 Å². The molecule has 0 bridgehead atoms. The second-order valence-corrected chi connectivity index (χ2v) is 10.9. The van der Waals surface area contributed by atoms with E-state index in [2.05, 4.69) is 18.2 Å². The van der Waals surface area contributed by atoms with Crippen LogP contribution in [-0.4, -0.2) is 17.7 Å². The molecule has 1 saturated heterocycles. The lowest BCUT2D eigenvalue weighted by molar-refractivity contribution is -0.113. The Bertz CT molecular complexity index is 1800. The molecular formula is C35H27ClN2O3S. The molecule has 6 rings (SSSR count). The number of para-hydroxylation sites is 2. The van der Waals surface area contributed by atoms with Gasteiger partial charge in [-0.2, -0.15) is 0 Å². The molecule has 1 heterocycles. The minimum Gasteiger partial charge on any atom is -0.490 e. The fraction of sp³-hybridized carbons (Fsp3) is 0.0857. The maximum Gasteiger partial charge on any atom is 0.271 e. The standard InChI is InChI=1S/C35H27ClN2O3S/c1-2-40-31-21-24(20-30(36)33(31)41-23-26-14-11-13-25-12-9-10-19-29(25)26)22-32-34(39)38(28-17-7-4-8-18-28)35(42-32)37-27-15-5-3-6-16-27/h3-22H,2,23H2,1H3/b32-22+,37-35?. The summed E-state index contributed by atoms with van der Waals surface area (Å²) < 4.78 is 12.2. The minimum absolute atomic E-state index is 0.161. The first kappa shape index (κ1) is 27.6. The van der Waals surface area contributed by atoms with Crippen molar-refractivity contribution in [1.82, 2.24) is 0 Å². The summed E-state index contributed by atoms with van der Waals surface area (Å²) in [5, 5.41) is 3.26. The van der Waals surface area contributed by atoms with E-state index in [1.165, 1.54) is 11.8 Å². The van der Waals surface area contributed by atoms with Gasteiger partial charge in [0.25, 0.3) is 5.91 Å². The van der Waals surface area contributed by atoms with Gasteiger partial charge < -0.3 is 9.47 Å². The highest BCUT2D eigenvalue weighted by molar-refractivity contribution is 8.19. The fourth-order valence-electron chi connectivity index (χ4n) is 4.76. The molecule has 0 aromatic heterocycles. The molecule has 0 saturated carbocycles. The summed E-state index contributed by atoms with van der Waals surface area (Å²) in [6, 6.07) is 37.1. The summed E-state index contributed by atoms with van der Waals surface area (Å²) >= 11 is 8.10. The van der Waals surface area contributed by atoms with Gasteiger partial charge in [0.2, 0.25) is 0 Å². The first-order valence-corrected chi connectivity index (χ1v) is 14.8. The Morgan fingerprint density at radius 2 is 1.57 bits per heavy atom. The van der Waals surface area contributed by atoms with Gasteiger partial charge in [0.05, 0.1) is 27.9 Å². The largest absolute Gasteiger partial charge is 0.490 e. The van der Waals surface area contributed by atoms with Crippen molar-refractivity contribution in [3.63, 3.8) is 0 Å². The molecule has 1 aliphatic heterocycles. The number of carbonyl (C=O) groups excluding carboxylic acids is 1. The number of aliphatic imine (C=N–C) groups is 1. The maximum absolute atomic E-state index is 13.7. The zero-order valence-electron chi connectivity index (χ0n) is 22.9. The van der Waals surface area contributed by atoms with Crippen LogP contribution in [0.25, 0.3) is 16.8 Å². The van der Waals surface area contributed by atoms with Crippen molar-refractivity contribution in [2.45, 2.75) is 13.5 Å². The van der Waals surface area contributed by atoms with Gasteiger partial charge in [-0.3, -0.25) is 9.69 Å². The number of halogens is 1. The summed E-state index contributed by atoms with van der Waals surface area (Å²) in [7, 11) is 0. The van der Waals surface area contributed by atoms with Crippen LogP contribution in [0.1, 0.15) is 18.1 Å². The Morgan fingerprint density at radius 3 is 2.36 bits per heavy atom. The number of nitrogens with zero attached hydrogens (tertiary/aromatic N) is 2. The first-order valence-electron chi connectivity index (χ1n) is 13.6. The van der Waals surface area contributed by atoms with Crippen molar-refractivity contribution in [3.8, 4) is 11.5 Å². The second-order valence-electron chi connectivity index (χ2n) is 9.51. The minimum atomic E-state index is -0.161. The van der Waals surface area contributed by atoms with Gasteiger partial charge in [-0.1, -0.05) is 90.5 Å². The molecule has 42 heavy (non-hydrogen) atoms. The van der Waals surface area contributed by atoms with Gasteiger partial charge in [-0.05, 0) is 83.1 Å². The monoisotopic (exact) mass is 590 g/mol. The molecule has 7 heteroatoms. The van der Waals surface area contributed by atoms with Crippen LogP contribution in [0.15, 0.2) is 125 Å². The van der Waals surface area contributed by atoms with Crippen LogP contribution in [0, 0.1) is 0 Å². The van der Waals surface area contributed by atoms with E-state index in [9.17, 15) is 4.79 Å². The summed E-state index contributed by atoms with van der Waals surface area (Å²) in [5.41, 5.74) is 3.30. The average molecular weight is 591 g/mol. The molecule has 0 spiro atoms. The van der Waals surface area contributed by atoms with Gasteiger partial charge in [0.15, 0.2) is 16.7 Å². The van der Waals surface area contributed by atoms with Gasteiger partial charge in [-0.25, -0.2) is 4.99 Å². The number of anilines is 1. The van der Waals surface area contributed by atoms with Crippen LogP contribution >= 0.6 is 23.4 Å². The number of benzene rings is 5. The number of rotatable bonds is 8. The lowest BCUT2D eigenvalue weighted by atomic mass is 10.1. The SMILES string of the molecule is CCOc1cc(/C=C2/SC(=Nc3ccccc3)N(c3ccccc3)C2=O)cc(Cl)c1OCc1cccc2ccccc12. The zero-order valence-corrected chi connectivity index (χ0v) is 24.4. The number of carbonyl (C=O) groups is 1. The predicted octanol–water partition coefficient (Wildman–Crippen LogP) is 9.28. The van der Waals surface area contributed by atoms with Crippen molar-refractivity contribution in [2.24, 2.45) is 4.99 Å². The van der Waals surface area contributed by atoms with E-state index >= 15 is 0 Å². The van der Waals surface area contributed by atoms with Crippen molar-refractivity contribution >= 4 is 62.7 Å². The molecule has 0 N–H and O–H groups in total. The molecule has 0 aliphatic carbocycles. The summed E-state index contributed by atoms with van der Waals surface area (Å²) in [6.07, 6.45) is 1.82. The van der Waals surface area contributed by atoms with Gasteiger partial charge in [0, 0.05) is 0 Å². The van der Waals surface area contributed by atoms with Crippen LogP contribution in [0.2, 0.25) is 5.02 Å². The van der Waals surface area contributed by atoms with Crippen LogP contribution in [0.3, 0.4) is 0 Å². The zero-order chi connectivity index (χ0) is 28.9. The van der Waals surface area contributed by atoms with Gasteiger partial charge >= 0.3 is 0 Å². The number of fused-ring (bicyclic) bond motifs is 1. The first-order chi connectivity index (χ1) is 20.6. The number of amides is 1. The Labute approximate surface area is 254 Å². The van der Waals surface area contributed by atoms with E-state index in [4.69, 9.17) is 26.1 Å². The van der Waals surface area contributed by atoms with Crippen molar-refractivity contribution < 1.29 is 14.3 Å². The van der Waals surface area contributed by atoms with E-state index in [0.717, 1.165) is 33.3 Å². The van der Waals surface area contributed by atoms with E-state index < -0.39 is 0 Å². The molecule has 0 radical (unpaired) electrons. The third-order valence-corrected chi connectivity index (χ3v) is 7.93. The maximum atomic E-state index is 13.7.